The molecule has 8 heteroatoms. The number of nitrogens with one attached hydrogen (secondary N) is 1. The largest absolute Gasteiger partial charge is 0.298 e. The van der Waals surface area contributed by atoms with E-state index in [0.29, 0.717) is 11.4 Å². The van der Waals surface area contributed by atoms with Crippen LogP contribution in [0.15, 0.2) is 60.1 Å². The molecule has 0 aliphatic carbocycles. The van der Waals surface area contributed by atoms with Crippen molar-refractivity contribution in [3.8, 4) is 11.3 Å². The second kappa shape index (κ2) is 6.90. The zero-order chi connectivity index (χ0) is 19.0. The molecule has 3 heterocycles. The van der Waals surface area contributed by atoms with Gasteiger partial charge in [-0.05, 0) is 18.3 Å². The maximum atomic E-state index is 12.8. The van der Waals surface area contributed by atoms with E-state index in [4.69, 9.17) is 12.2 Å². The molecule has 4 rings (SSSR count). The lowest BCUT2D eigenvalue weighted by Gasteiger charge is -2.27. The summed E-state index contributed by atoms with van der Waals surface area (Å²) >= 11 is 6.58. The van der Waals surface area contributed by atoms with Crippen LogP contribution in [-0.4, -0.2) is 37.8 Å². The summed E-state index contributed by atoms with van der Waals surface area (Å²) in [6, 6.07) is 9.64. The Morgan fingerprint density at radius 1 is 1.26 bits per heavy atom. The van der Waals surface area contributed by atoms with E-state index >= 15 is 0 Å². The van der Waals surface area contributed by atoms with Crippen LogP contribution in [0.3, 0.4) is 0 Å². The highest BCUT2D eigenvalue weighted by Gasteiger charge is 2.33. The molecule has 1 N–H and O–H groups in total. The van der Waals surface area contributed by atoms with Gasteiger partial charge in [0.2, 0.25) is 0 Å². The Balaban J connectivity index is 1.88. The number of fused-ring (bicyclic) bond motifs is 1. The molecule has 134 valence electrons. The van der Waals surface area contributed by atoms with Gasteiger partial charge in [0, 0.05) is 23.7 Å². The molecule has 2 amide bonds. The number of imidazole rings is 1. The average molecular weight is 394 g/mol. The number of thiazole rings is 1. The van der Waals surface area contributed by atoms with E-state index in [0.717, 1.165) is 10.5 Å². The summed E-state index contributed by atoms with van der Waals surface area (Å²) < 4.78 is 1.87. The van der Waals surface area contributed by atoms with E-state index in [2.05, 4.69) is 16.9 Å². The monoisotopic (exact) mass is 394 g/mol. The molecule has 0 bridgehead atoms. The summed E-state index contributed by atoms with van der Waals surface area (Å²) in [5, 5.41) is 4.55. The number of aromatic nitrogens is 2. The average Bonchev–Trinajstić information content (AvgIpc) is 3.25. The first-order valence-electron chi connectivity index (χ1n) is 8.11. The van der Waals surface area contributed by atoms with Crippen molar-refractivity contribution >= 4 is 51.5 Å². The quantitative estimate of drug-likeness (QED) is 0.320. The third-order valence-corrected chi connectivity index (χ3v) is 5.20. The second-order valence-electron chi connectivity index (χ2n) is 5.79. The fourth-order valence-corrected chi connectivity index (χ4v) is 3.85. The van der Waals surface area contributed by atoms with Gasteiger partial charge >= 0.3 is 0 Å². The summed E-state index contributed by atoms with van der Waals surface area (Å²) in [6.45, 7) is 3.86. The Labute approximate surface area is 164 Å². The molecule has 2 aromatic heterocycles. The zero-order valence-corrected chi connectivity index (χ0v) is 15.7. The van der Waals surface area contributed by atoms with Gasteiger partial charge in [0.15, 0.2) is 10.1 Å². The van der Waals surface area contributed by atoms with Gasteiger partial charge in [0.25, 0.3) is 11.8 Å². The van der Waals surface area contributed by atoms with Crippen LogP contribution in [-0.2, 0) is 9.59 Å². The number of amides is 2. The van der Waals surface area contributed by atoms with Gasteiger partial charge in [-0.2, -0.15) is 0 Å². The van der Waals surface area contributed by atoms with Crippen LogP contribution in [0, 0.1) is 0 Å². The number of hydrogen-bond acceptors (Lipinski definition) is 5. The van der Waals surface area contributed by atoms with Crippen LogP contribution in [0.1, 0.15) is 5.69 Å². The van der Waals surface area contributed by atoms with E-state index in [1.54, 1.807) is 12.2 Å². The van der Waals surface area contributed by atoms with Crippen molar-refractivity contribution in [2.75, 3.05) is 6.54 Å². The maximum Gasteiger partial charge on any atom is 0.266 e. The van der Waals surface area contributed by atoms with E-state index in [-0.39, 0.29) is 17.2 Å². The number of nitrogens with zero attached hydrogens (tertiary/aromatic N) is 3. The Bertz CT molecular complexity index is 1110. The SMILES string of the molecule is C=CCN1C(=O)C(=Cc2c(-c3ccccc3)nc3sccn23)C(=O)NC1=S. The van der Waals surface area contributed by atoms with Gasteiger partial charge in [0.1, 0.15) is 5.57 Å². The minimum absolute atomic E-state index is 0.00984. The fourth-order valence-electron chi connectivity index (χ4n) is 2.88. The van der Waals surface area contributed by atoms with E-state index in [1.807, 2.05) is 46.3 Å². The van der Waals surface area contributed by atoms with Crippen LogP contribution in [0.25, 0.3) is 22.3 Å². The Hall–Kier alpha value is -3.10. The number of benzene rings is 1. The predicted molar refractivity (Wildman–Crippen MR) is 109 cm³/mol. The lowest BCUT2D eigenvalue weighted by atomic mass is 10.1. The van der Waals surface area contributed by atoms with Crippen molar-refractivity contribution in [3.63, 3.8) is 0 Å². The first-order valence-corrected chi connectivity index (χ1v) is 9.39. The van der Waals surface area contributed by atoms with Crippen LogP contribution in [0.2, 0.25) is 0 Å². The lowest BCUT2D eigenvalue weighted by molar-refractivity contribution is -0.128. The molecule has 0 atom stereocenters. The molecule has 0 unspecified atom stereocenters. The number of carbonyl (C=O) groups excluding carboxylic acids is 2. The van der Waals surface area contributed by atoms with E-state index < -0.39 is 11.8 Å². The second-order valence-corrected chi connectivity index (χ2v) is 7.05. The van der Waals surface area contributed by atoms with Crippen molar-refractivity contribution in [1.29, 1.82) is 0 Å². The Kier molecular flexibility index (Phi) is 4.43. The highest BCUT2D eigenvalue weighted by Crippen LogP contribution is 2.29. The summed E-state index contributed by atoms with van der Waals surface area (Å²) in [7, 11) is 0. The molecule has 0 saturated carbocycles. The Morgan fingerprint density at radius 3 is 2.78 bits per heavy atom. The molecule has 6 nitrogen and oxygen atoms in total. The number of thiocarbonyl (C=S) groups is 1. The molecule has 0 spiro atoms. The molecule has 1 aliphatic rings. The highest BCUT2D eigenvalue weighted by atomic mass is 32.1. The fraction of sp³-hybridized carbons (Fsp3) is 0.0526. The van der Waals surface area contributed by atoms with Crippen molar-refractivity contribution < 1.29 is 9.59 Å². The van der Waals surface area contributed by atoms with Gasteiger partial charge in [-0.3, -0.25) is 24.2 Å². The molecule has 1 aliphatic heterocycles. The topological polar surface area (TPSA) is 66.7 Å². The first kappa shape index (κ1) is 17.3. The molecule has 3 aromatic rings. The van der Waals surface area contributed by atoms with Gasteiger partial charge in [0.05, 0.1) is 11.4 Å². The van der Waals surface area contributed by atoms with Gasteiger partial charge in [-0.1, -0.05) is 36.4 Å². The number of rotatable bonds is 4. The van der Waals surface area contributed by atoms with Crippen LogP contribution in [0.4, 0.5) is 0 Å². The van der Waals surface area contributed by atoms with E-state index in [1.165, 1.54) is 16.2 Å². The molecule has 0 radical (unpaired) electrons. The molecular weight excluding hydrogens is 380 g/mol. The number of hydrogen-bond donors (Lipinski definition) is 1. The first-order chi connectivity index (χ1) is 13.1. The maximum absolute atomic E-state index is 12.8. The summed E-state index contributed by atoms with van der Waals surface area (Å²) in [5.74, 6) is -0.970. The van der Waals surface area contributed by atoms with Crippen molar-refractivity contribution in [2.24, 2.45) is 0 Å². The standard InChI is InChI=1S/C19H14N4O2S2/c1-2-8-23-17(25)13(16(24)21-18(23)26)11-14-15(12-6-4-3-5-7-12)20-19-22(14)9-10-27-19/h2-7,9-11H,1,8H2,(H,21,24,26). The molecule has 1 aromatic carbocycles. The number of carbonyl (C=O) groups is 2. The lowest BCUT2D eigenvalue weighted by Crippen LogP contribution is -2.53. The van der Waals surface area contributed by atoms with Gasteiger partial charge < -0.3 is 0 Å². The van der Waals surface area contributed by atoms with Crippen LogP contribution < -0.4 is 5.32 Å². The minimum Gasteiger partial charge on any atom is -0.298 e. The summed E-state index contributed by atoms with van der Waals surface area (Å²) in [5.41, 5.74) is 2.29. The van der Waals surface area contributed by atoms with Crippen molar-refractivity contribution in [2.45, 2.75) is 0 Å². The third-order valence-electron chi connectivity index (χ3n) is 4.12. The van der Waals surface area contributed by atoms with Crippen molar-refractivity contribution in [1.82, 2.24) is 19.6 Å². The third kappa shape index (κ3) is 2.98. The molecular formula is C19H14N4O2S2. The molecule has 1 saturated heterocycles. The Morgan fingerprint density at radius 2 is 2.04 bits per heavy atom. The van der Waals surface area contributed by atoms with Gasteiger partial charge in [-0.25, -0.2) is 4.98 Å². The predicted octanol–water partition coefficient (Wildman–Crippen LogP) is 2.88. The van der Waals surface area contributed by atoms with Crippen molar-refractivity contribution in [3.05, 3.63) is 65.8 Å². The molecule has 1 fully saturated rings. The van der Waals surface area contributed by atoms with Crippen LogP contribution in [0.5, 0.6) is 0 Å². The van der Waals surface area contributed by atoms with Crippen LogP contribution >= 0.6 is 23.6 Å². The molecule has 27 heavy (non-hydrogen) atoms. The summed E-state index contributed by atoms with van der Waals surface area (Å²) in [4.78, 5) is 32.0. The highest BCUT2D eigenvalue weighted by molar-refractivity contribution is 7.80. The smallest absolute Gasteiger partial charge is 0.266 e. The minimum atomic E-state index is -0.519. The zero-order valence-electron chi connectivity index (χ0n) is 14.1. The van der Waals surface area contributed by atoms with Gasteiger partial charge in [-0.15, -0.1) is 17.9 Å². The van der Waals surface area contributed by atoms with E-state index in [9.17, 15) is 9.59 Å². The summed E-state index contributed by atoms with van der Waals surface area (Å²) in [6.07, 6.45) is 5.00. The normalized spacial score (nSPS) is 16.2.